The van der Waals surface area contributed by atoms with Crippen molar-refractivity contribution in [3.05, 3.63) is 57.0 Å². The van der Waals surface area contributed by atoms with Crippen molar-refractivity contribution in [3.8, 4) is 11.5 Å². The van der Waals surface area contributed by atoms with E-state index in [9.17, 15) is 9.59 Å². The van der Waals surface area contributed by atoms with Gasteiger partial charge < -0.3 is 14.8 Å². The van der Waals surface area contributed by atoms with Crippen molar-refractivity contribution in [3.63, 3.8) is 0 Å². The number of fused-ring (bicyclic) bond motifs is 1. The van der Waals surface area contributed by atoms with Crippen molar-refractivity contribution >= 4 is 22.2 Å². The Labute approximate surface area is 154 Å². The van der Waals surface area contributed by atoms with Crippen molar-refractivity contribution in [2.75, 3.05) is 13.7 Å². The second-order valence-corrected chi connectivity index (χ2v) is 6.41. The number of aryl methyl sites for hydroxylation is 1. The van der Waals surface area contributed by atoms with Crippen molar-refractivity contribution in [1.29, 1.82) is 0 Å². The van der Waals surface area contributed by atoms with Crippen LogP contribution in [0.15, 0.2) is 34.6 Å². The van der Waals surface area contributed by atoms with E-state index in [2.05, 4.69) is 10.3 Å². The average molecular weight is 373 g/mol. The Morgan fingerprint density at radius 1 is 1.35 bits per heavy atom. The molecule has 1 aromatic carbocycles. The SMILES string of the molecule is CCOc1cc(CNC(=O)c2cnc3scc(C)n3c2=O)ccc1OC. The van der Waals surface area contributed by atoms with Gasteiger partial charge in [-0.2, -0.15) is 0 Å². The molecule has 0 atom stereocenters. The number of methoxy groups -OCH3 is 1. The first-order chi connectivity index (χ1) is 12.5. The summed E-state index contributed by atoms with van der Waals surface area (Å²) >= 11 is 1.36. The highest BCUT2D eigenvalue weighted by Gasteiger charge is 2.15. The number of nitrogens with zero attached hydrogens (tertiary/aromatic N) is 2. The predicted octanol–water partition coefficient (Wildman–Crippen LogP) is 2.40. The van der Waals surface area contributed by atoms with E-state index in [0.29, 0.717) is 23.1 Å². The molecule has 0 fully saturated rings. The number of nitrogens with one attached hydrogen (secondary N) is 1. The summed E-state index contributed by atoms with van der Waals surface area (Å²) < 4.78 is 12.2. The molecule has 0 radical (unpaired) electrons. The number of hydrogen-bond acceptors (Lipinski definition) is 6. The minimum atomic E-state index is -0.462. The quantitative estimate of drug-likeness (QED) is 0.717. The zero-order valence-corrected chi connectivity index (χ0v) is 15.6. The van der Waals surface area contributed by atoms with Crippen molar-refractivity contribution in [2.24, 2.45) is 0 Å². The lowest BCUT2D eigenvalue weighted by Gasteiger charge is -2.11. The van der Waals surface area contributed by atoms with Gasteiger partial charge >= 0.3 is 0 Å². The molecule has 2 heterocycles. The Kier molecular flexibility index (Phi) is 5.22. The normalized spacial score (nSPS) is 10.7. The fourth-order valence-corrected chi connectivity index (χ4v) is 3.38. The summed E-state index contributed by atoms with van der Waals surface area (Å²) in [7, 11) is 1.57. The van der Waals surface area contributed by atoms with Gasteiger partial charge in [0.05, 0.1) is 13.7 Å². The molecule has 2 aromatic heterocycles. The zero-order valence-electron chi connectivity index (χ0n) is 14.7. The number of carbonyl (C=O) groups excluding carboxylic acids is 1. The molecule has 0 saturated heterocycles. The molecule has 8 heteroatoms. The summed E-state index contributed by atoms with van der Waals surface area (Å²) in [5.41, 5.74) is 1.25. The summed E-state index contributed by atoms with van der Waals surface area (Å²) in [6, 6.07) is 5.42. The Hall–Kier alpha value is -2.87. The van der Waals surface area contributed by atoms with Gasteiger partial charge in [0.2, 0.25) is 0 Å². The molecule has 26 heavy (non-hydrogen) atoms. The largest absolute Gasteiger partial charge is 0.493 e. The minimum absolute atomic E-state index is 0.0162. The molecule has 0 bridgehead atoms. The molecular formula is C18H19N3O4S. The molecule has 0 aliphatic rings. The van der Waals surface area contributed by atoms with Crippen LogP contribution in [-0.2, 0) is 6.54 Å². The lowest BCUT2D eigenvalue weighted by Crippen LogP contribution is -2.31. The van der Waals surface area contributed by atoms with Gasteiger partial charge in [-0.15, -0.1) is 11.3 Å². The monoisotopic (exact) mass is 373 g/mol. The van der Waals surface area contributed by atoms with Crippen LogP contribution in [0.5, 0.6) is 11.5 Å². The van der Waals surface area contributed by atoms with E-state index >= 15 is 0 Å². The van der Waals surface area contributed by atoms with Gasteiger partial charge in [-0.3, -0.25) is 14.0 Å². The molecule has 0 unspecified atom stereocenters. The highest BCUT2D eigenvalue weighted by atomic mass is 32.1. The molecule has 0 spiro atoms. The molecule has 3 rings (SSSR count). The smallest absolute Gasteiger partial charge is 0.271 e. The van der Waals surface area contributed by atoms with Gasteiger partial charge in [-0.25, -0.2) is 4.98 Å². The van der Waals surface area contributed by atoms with E-state index in [1.165, 1.54) is 21.9 Å². The Morgan fingerprint density at radius 3 is 2.88 bits per heavy atom. The molecule has 136 valence electrons. The molecular weight excluding hydrogens is 354 g/mol. The molecule has 3 aromatic rings. The number of rotatable bonds is 6. The van der Waals surface area contributed by atoms with Crippen molar-refractivity contribution in [1.82, 2.24) is 14.7 Å². The van der Waals surface area contributed by atoms with Crippen molar-refractivity contribution in [2.45, 2.75) is 20.4 Å². The number of aromatic nitrogens is 2. The standard InChI is InChI=1S/C18H19N3O4S/c1-4-25-15-7-12(5-6-14(15)24-3)8-19-16(22)13-9-20-18-21(17(13)23)11(2)10-26-18/h5-7,9-10H,4,8H2,1-3H3,(H,19,22). The van der Waals surface area contributed by atoms with Crippen LogP contribution in [-0.4, -0.2) is 29.0 Å². The van der Waals surface area contributed by atoms with Crippen molar-refractivity contribution < 1.29 is 14.3 Å². The predicted molar refractivity (Wildman–Crippen MR) is 99.4 cm³/mol. The maximum absolute atomic E-state index is 12.5. The van der Waals surface area contributed by atoms with Crippen LogP contribution in [0, 0.1) is 6.92 Å². The maximum atomic E-state index is 12.5. The topological polar surface area (TPSA) is 81.9 Å². The highest BCUT2D eigenvalue weighted by molar-refractivity contribution is 7.15. The van der Waals surface area contributed by atoms with Gasteiger partial charge in [0.15, 0.2) is 16.5 Å². The molecule has 0 aliphatic carbocycles. The van der Waals surface area contributed by atoms with E-state index in [0.717, 1.165) is 11.3 Å². The van der Waals surface area contributed by atoms with Crippen LogP contribution in [0.2, 0.25) is 0 Å². The fraction of sp³-hybridized carbons (Fsp3) is 0.278. The number of ether oxygens (including phenoxy) is 2. The Balaban J connectivity index is 1.79. The van der Waals surface area contributed by atoms with Crippen LogP contribution in [0.3, 0.4) is 0 Å². The first kappa shape index (κ1) is 17.9. The lowest BCUT2D eigenvalue weighted by molar-refractivity contribution is 0.0949. The van der Waals surface area contributed by atoms with Crippen LogP contribution in [0.1, 0.15) is 28.5 Å². The molecule has 1 N–H and O–H groups in total. The first-order valence-corrected chi connectivity index (χ1v) is 8.97. The minimum Gasteiger partial charge on any atom is -0.493 e. The molecule has 1 amide bonds. The van der Waals surface area contributed by atoms with E-state index in [-0.39, 0.29) is 17.7 Å². The Bertz CT molecular complexity index is 1010. The fourth-order valence-electron chi connectivity index (χ4n) is 2.56. The second-order valence-electron chi connectivity index (χ2n) is 5.57. The summed E-state index contributed by atoms with van der Waals surface area (Å²) in [5, 5.41) is 4.59. The van der Waals surface area contributed by atoms with E-state index in [1.54, 1.807) is 26.2 Å². The summed E-state index contributed by atoms with van der Waals surface area (Å²) in [6.45, 7) is 4.46. The van der Waals surface area contributed by atoms with Gasteiger partial charge in [0.1, 0.15) is 5.56 Å². The highest BCUT2D eigenvalue weighted by Crippen LogP contribution is 2.28. The molecule has 0 saturated carbocycles. The number of carbonyl (C=O) groups is 1. The van der Waals surface area contributed by atoms with E-state index < -0.39 is 5.91 Å². The Morgan fingerprint density at radius 2 is 2.15 bits per heavy atom. The van der Waals surface area contributed by atoms with Gasteiger partial charge in [0.25, 0.3) is 11.5 Å². The average Bonchev–Trinajstić information content (AvgIpc) is 3.02. The molecule has 0 aliphatic heterocycles. The van der Waals surface area contributed by atoms with Crippen LogP contribution >= 0.6 is 11.3 Å². The van der Waals surface area contributed by atoms with Gasteiger partial charge in [0, 0.05) is 23.8 Å². The van der Waals surface area contributed by atoms with Gasteiger partial charge in [-0.05, 0) is 31.5 Å². The summed E-state index contributed by atoms with van der Waals surface area (Å²) in [4.78, 5) is 29.7. The third-order valence-corrected chi connectivity index (χ3v) is 4.80. The summed E-state index contributed by atoms with van der Waals surface area (Å²) in [5.74, 6) is 0.776. The number of thiazole rings is 1. The first-order valence-electron chi connectivity index (χ1n) is 8.09. The van der Waals surface area contributed by atoms with E-state index in [4.69, 9.17) is 9.47 Å². The summed E-state index contributed by atoms with van der Waals surface area (Å²) in [6.07, 6.45) is 1.32. The second kappa shape index (κ2) is 7.57. The number of hydrogen-bond donors (Lipinski definition) is 1. The molecule has 7 nitrogen and oxygen atoms in total. The van der Waals surface area contributed by atoms with Crippen LogP contribution < -0.4 is 20.3 Å². The van der Waals surface area contributed by atoms with E-state index in [1.807, 2.05) is 18.4 Å². The number of benzene rings is 1. The van der Waals surface area contributed by atoms with Gasteiger partial charge in [-0.1, -0.05) is 6.07 Å². The number of amides is 1. The third-order valence-electron chi connectivity index (χ3n) is 3.84. The third kappa shape index (κ3) is 3.41. The zero-order chi connectivity index (χ0) is 18.7. The van der Waals surface area contributed by atoms with Crippen LogP contribution in [0.25, 0.3) is 4.96 Å². The lowest BCUT2D eigenvalue weighted by atomic mass is 10.2. The van der Waals surface area contributed by atoms with Crippen LogP contribution in [0.4, 0.5) is 0 Å². The maximum Gasteiger partial charge on any atom is 0.271 e.